The Morgan fingerprint density at radius 2 is 2.00 bits per heavy atom. The molecular weight excluding hydrogens is 246 g/mol. The van der Waals surface area contributed by atoms with Crippen LogP contribution in [0.2, 0.25) is 0 Å². The van der Waals surface area contributed by atoms with Crippen LogP contribution in [0, 0.1) is 0 Å². The van der Waals surface area contributed by atoms with E-state index in [4.69, 9.17) is 4.74 Å². The fourth-order valence-electron chi connectivity index (χ4n) is 1.39. The Morgan fingerprint density at radius 1 is 1.28 bits per heavy atom. The number of ether oxygens (including phenoxy) is 1. The molecule has 1 atom stereocenters. The van der Waals surface area contributed by atoms with Gasteiger partial charge in [0.2, 0.25) is 0 Å². The average Bonchev–Trinajstić information content (AvgIpc) is 2.37. The highest BCUT2D eigenvalue weighted by molar-refractivity contribution is 7.99. The van der Waals surface area contributed by atoms with E-state index in [1.165, 1.54) is 4.90 Å². The number of hydrogen-bond donors (Lipinski definition) is 2. The third kappa shape index (κ3) is 7.71. The van der Waals surface area contributed by atoms with Crippen molar-refractivity contribution in [1.29, 1.82) is 0 Å². The third-order valence-electron chi connectivity index (χ3n) is 2.29. The van der Waals surface area contributed by atoms with Crippen molar-refractivity contribution in [2.24, 2.45) is 0 Å². The molecule has 0 saturated carbocycles. The summed E-state index contributed by atoms with van der Waals surface area (Å²) in [4.78, 5) is 1.28. The molecule has 0 aromatic heterocycles. The molecule has 0 amide bonds. The molecule has 1 aromatic carbocycles. The van der Waals surface area contributed by atoms with Crippen molar-refractivity contribution in [2.45, 2.75) is 31.0 Å². The first-order valence-corrected chi connectivity index (χ1v) is 7.35. The minimum Gasteiger partial charge on any atom is -0.389 e. The molecule has 0 fully saturated rings. The first kappa shape index (κ1) is 15.5. The minimum absolute atomic E-state index is 0.174. The summed E-state index contributed by atoms with van der Waals surface area (Å²) < 4.78 is 5.33. The van der Waals surface area contributed by atoms with Gasteiger partial charge in [-0.05, 0) is 26.0 Å². The molecule has 18 heavy (non-hydrogen) atoms. The van der Waals surface area contributed by atoms with Gasteiger partial charge < -0.3 is 15.2 Å². The first-order valence-electron chi connectivity index (χ1n) is 6.36. The second kappa shape index (κ2) is 9.39. The average molecular weight is 269 g/mol. The number of hydrogen-bond acceptors (Lipinski definition) is 4. The molecule has 2 N–H and O–H groups in total. The molecule has 0 aliphatic carbocycles. The number of aliphatic hydroxyl groups excluding tert-OH is 1. The van der Waals surface area contributed by atoms with Crippen LogP contribution in [0.1, 0.15) is 13.8 Å². The second-order valence-corrected chi connectivity index (χ2v) is 5.57. The van der Waals surface area contributed by atoms with Crippen LogP contribution >= 0.6 is 11.8 Å². The lowest BCUT2D eigenvalue weighted by Crippen LogP contribution is -2.32. The topological polar surface area (TPSA) is 41.5 Å². The van der Waals surface area contributed by atoms with Crippen molar-refractivity contribution in [2.75, 3.05) is 25.4 Å². The van der Waals surface area contributed by atoms with Crippen LogP contribution < -0.4 is 5.32 Å². The lowest BCUT2D eigenvalue weighted by molar-refractivity contribution is 0.00664. The highest BCUT2D eigenvalue weighted by Gasteiger charge is 2.04. The molecule has 4 heteroatoms. The normalized spacial score (nSPS) is 12.9. The van der Waals surface area contributed by atoms with Crippen molar-refractivity contribution < 1.29 is 9.84 Å². The van der Waals surface area contributed by atoms with Crippen molar-refractivity contribution in [3.63, 3.8) is 0 Å². The standard InChI is InChI=1S/C14H23NO2S/c1-12(2)17-11-13(16)10-15-8-9-18-14-6-4-3-5-7-14/h3-7,12-13,15-16H,8-11H2,1-2H3. The summed E-state index contributed by atoms with van der Waals surface area (Å²) in [6, 6.07) is 10.3. The molecule has 3 nitrogen and oxygen atoms in total. The van der Waals surface area contributed by atoms with Crippen molar-refractivity contribution in [3.8, 4) is 0 Å². The number of rotatable bonds is 9. The predicted octanol–water partition coefficient (Wildman–Crippen LogP) is 2.15. The van der Waals surface area contributed by atoms with Gasteiger partial charge in [-0.15, -0.1) is 11.8 Å². The van der Waals surface area contributed by atoms with Gasteiger partial charge in [0, 0.05) is 23.7 Å². The highest BCUT2D eigenvalue weighted by Crippen LogP contribution is 2.15. The van der Waals surface area contributed by atoms with Crippen molar-refractivity contribution in [1.82, 2.24) is 5.32 Å². The van der Waals surface area contributed by atoms with Gasteiger partial charge in [-0.3, -0.25) is 0 Å². The molecule has 1 unspecified atom stereocenters. The van der Waals surface area contributed by atoms with E-state index in [0.29, 0.717) is 13.2 Å². The van der Waals surface area contributed by atoms with E-state index >= 15 is 0 Å². The zero-order chi connectivity index (χ0) is 13.2. The Labute approximate surface area is 114 Å². The largest absolute Gasteiger partial charge is 0.389 e. The Hall–Kier alpha value is -0.550. The second-order valence-electron chi connectivity index (χ2n) is 4.40. The molecule has 0 bridgehead atoms. The summed E-state index contributed by atoms with van der Waals surface area (Å²) in [6.07, 6.45) is -0.248. The first-order chi connectivity index (χ1) is 8.68. The van der Waals surface area contributed by atoms with E-state index in [9.17, 15) is 5.11 Å². The maximum absolute atomic E-state index is 9.62. The minimum atomic E-state index is -0.422. The third-order valence-corrected chi connectivity index (χ3v) is 3.31. The monoisotopic (exact) mass is 269 g/mol. The van der Waals surface area contributed by atoms with Gasteiger partial charge in [-0.1, -0.05) is 18.2 Å². The van der Waals surface area contributed by atoms with Crippen LogP contribution in [0.3, 0.4) is 0 Å². The molecule has 0 spiro atoms. The predicted molar refractivity (Wildman–Crippen MR) is 77.1 cm³/mol. The zero-order valence-corrected chi connectivity index (χ0v) is 12.0. The Balaban J connectivity index is 1.98. The smallest absolute Gasteiger partial charge is 0.0897 e. The molecule has 1 aromatic rings. The van der Waals surface area contributed by atoms with Gasteiger partial charge in [-0.25, -0.2) is 0 Å². The summed E-state index contributed by atoms with van der Waals surface area (Å²) in [5.74, 6) is 1.00. The van der Waals surface area contributed by atoms with Gasteiger partial charge >= 0.3 is 0 Å². The maximum Gasteiger partial charge on any atom is 0.0897 e. The lowest BCUT2D eigenvalue weighted by atomic mass is 10.3. The maximum atomic E-state index is 9.62. The Bertz CT molecular complexity index is 306. The molecule has 0 radical (unpaired) electrons. The molecule has 1 rings (SSSR count). The summed E-state index contributed by atoms with van der Waals surface area (Å²) in [5, 5.41) is 12.8. The van der Waals surface area contributed by atoms with Gasteiger partial charge in [0.15, 0.2) is 0 Å². The SMILES string of the molecule is CC(C)OCC(O)CNCCSc1ccccc1. The van der Waals surface area contributed by atoms with Gasteiger partial charge in [0.25, 0.3) is 0 Å². The molecular formula is C14H23NO2S. The lowest BCUT2D eigenvalue weighted by Gasteiger charge is -2.14. The van der Waals surface area contributed by atoms with Crippen LogP contribution in [-0.2, 0) is 4.74 Å². The van der Waals surface area contributed by atoms with Crippen LogP contribution in [0.4, 0.5) is 0 Å². The van der Waals surface area contributed by atoms with Crippen LogP contribution in [-0.4, -0.2) is 42.8 Å². The Morgan fingerprint density at radius 3 is 2.67 bits per heavy atom. The van der Waals surface area contributed by atoms with E-state index in [1.807, 2.05) is 43.8 Å². The summed E-state index contributed by atoms with van der Waals surface area (Å²) in [6.45, 7) is 5.81. The fourth-order valence-corrected chi connectivity index (χ4v) is 2.22. The number of benzene rings is 1. The quantitative estimate of drug-likeness (QED) is 0.532. The van der Waals surface area contributed by atoms with Gasteiger partial charge in [0.05, 0.1) is 18.8 Å². The van der Waals surface area contributed by atoms with E-state index in [1.54, 1.807) is 0 Å². The summed E-state index contributed by atoms with van der Waals surface area (Å²) in [5.41, 5.74) is 0. The van der Waals surface area contributed by atoms with Gasteiger partial charge in [-0.2, -0.15) is 0 Å². The van der Waals surface area contributed by atoms with Crippen molar-refractivity contribution in [3.05, 3.63) is 30.3 Å². The fraction of sp³-hybridized carbons (Fsp3) is 0.571. The highest BCUT2D eigenvalue weighted by atomic mass is 32.2. The summed E-state index contributed by atoms with van der Waals surface area (Å²) >= 11 is 1.81. The number of aliphatic hydroxyl groups is 1. The van der Waals surface area contributed by atoms with Crippen LogP contribution in [0.15, 0.2) is 35.2 Å². The number of thioether (sulfide) groups is 1. The molecule has 0 aliphatic heterocycles. The molecule has 0 saturated heterocycles. The molecule has 0 heterocycles. The van der Waals surface area contributed by atoms with Crippen LogP contribution in [0.25, 0.3) is 0 Å². The Kier molecular flexibility index (Phi) is 8.09. The van der Waals surface area contributed by atoms with E-state index < -0.39 is 6.10 Å². The van der Waals surface area contributed by atoms with E-state index in [-0.39, 0.29) is 6.10 Å². The van der Waals surface area contributed by atoms with Gasteiger partial charge in [0.1, 0.15) is 0 Å². The number of nitrogens with one attached hydrogen (secondary N) is 1. The molecule has 102 valence electrons. The van der Waals surface area contributed by atoms with Crippen LogP contribution in [0.5, 0.6) is 0 Å². The van der Waals surface area contributed by atoms with Crippen molar-refractivity contribution >= 4 is 11.8 Å². The van der Waals surface area contributed by atoms with E-state index in [2.05, 4.69) is 17.4 Å². The zero-order valence-electron chi connectivity index (χ0n) is 11.1. The summed E-state index contributed by atoms with van der Waals surface area (Å²) in [7, 11) is 0. The van der Waals surface area contributed by atoms with E-state index in [0.717, 1.165) is 12.3 Å². The molecule has 0 aliphatic rings.